The van der Waals surface area contributed by atoms with Crippen LogP contribution in [0.5, 0.6) is 17.2 Å². The first-order chi connectivity index (χ1) is 11.1. The normalized spacial score (nSPS) is 11.8. The van der Waals surface area contributed by atoms with Crippen molar-refractivity contribution in [1.82, 2.24) is 5.32 Å². The maximum Gasteiger partial charge on any atom is 0.123 e. The molecule has 0 heterocycles. The third-order valence-electron chi connectivity index (χ3n) is 3.71. The largest absolute Gasteiger partial charge is 0.497 e. The van der Waals surface area contributed by atoms with Crippen LogP contribution in [0.3, 0.4) is 0 Å². The molecule has 23 heavy (non-hydrogen) atoms. The van der Waals surface area contributed by atoms with Gasteiger partial charge in [-0.25, -0.2) is 0 Å². The summed E-state index contributed by atoms with van der Waals surface area (Å²) in [4.78, 5) is 0. The molecule has 1 N–H and O–H groups in total. The average molecular weight is 315 g/mol. The first-order valence-corrected chi connectivity index (χ1v) is 7.79. The van der Waals surface area contributed by atoms with Gasteiger partial charge < -0.3 is 19.5 Å². The van der Waals surface area contributed by atoms with Crippen LogP contribution in [0.1, 0.15) is 24.1 Å². The van der Waals surface area contributed by atoms with Crippen LogP contribution in [0.15, 0.2) is 42.5 Å². The number of rotatable bonds is 8. The fourth-order valence-electron chi connectivity index (χ4n) is 2.44. The van der Waals surface area contributed by atoms with E-state index in [9.17, 15) is 0 Å². The molecule has 0 fully saturated rings. The van der Waals surface area contributed by atoms with Gasteiger partial charge in [-0.15, -0.1) is 0 Å². The molecule has 4 nitrogen and oxygen atoms in total. The zero-order chi connectivity index (χ0) is 16.7. The van der Waals surface area contributed by atoms with E-state index in [2.05, 4.69) is 25.2 Å². The lowest BCUT2D eigenvalue weighted by atomic mass is 10.1. The Balaban J connectivity index is 1.88. The number of hydrogen-bond acceptors (Lipinski definition) is 4. The Morgan fingerprint density at radius 1 is 1.00 bits per heavy atom. The smallest absolute Gasteiger partial charge is 0.123 e. The van der Waals surface area contributed by atoms with Gasteiger partial charge in [0.15, 0.2) is 0 Å². The van der Waals surface area contributed by atoms with E-state index in [-0.39, 0.29) is 6.04 Å². The Bertz CT molecular complexity index is 628. The van der Waals surface area contributed by atoms with Crippen molar-refractivity contribution in [2.24, 2.45) is 0 Å². The van der Waals surface area contributed by atoms with Crippen LogP contribution >= 0.6 is 0 Å². The average Bonchev–Trinajstić information content (AvgIpc) is 2.58. The fourth-order valence-corrected chi connectivity index (χ4v) is 2.44. The number of aryl methyl sites for hydroxylation is 1. The summed E-state index contributed by atoms with van der Waals surface area (Å²) in [5.41, 5.74) is 2.27. The predicted octanol–water partition coefficient (Wildman–Crippen LogP) is 3.74. The molecule has 0 radical (unpaired) electrons. The van der Waals surface area contributed by atoms with Crippen molar-refractivity contribution < 1.29 is 14.2 Å². The topological polar surface area (TPSA) is 39.7 Å². The molecule has 0 aliphatic heterocycles. The van der Waals surface area contributed by atoms with Crippen molar-refractivity contribution in [3.05, 3.63) is 53.6 Å². The van der Waals surface area contributed by atoms with E-state index in [0.29, 0.717) is 6.61 Å². The minimum Gasteiger partial charge on any atom is -0.497 e. The van der Waals surface area contributed by atoms with E-state index in [1.165, 1.54) is 5.56 Å². The zero-order valence-corrected chi connectivity index (χ0v) is 14.3. The Kier molecular flexibility index (Phi) is 6.29. The standard InChI is InChI=1S/C19H25NO3/c1-14-6-5-7-17(12-14)23-11-10-20-15(2)18-13-16(21-3)8-9-19(18)22-4/h5-9,12-13,15,20H,10-11H2,1-4H3. The summed E-state index contributed by atoms with van der Waals surface area (Å²) in [6.45, 7) is 5.52. The van der Waals surface area contributed by atoms with Crippen molar-refractivity contribution in [3.8, 4) is 17.2 Å². The molecule has 0 spiro atoms. The van der Waals surface area contributed by atoms with Gasteiger partial charge in [0.25, 0.3) is 0 Å². The molecule has 0 aliphatic rings. The van der Waals surface area contributed by atoms with Gasteiger partial charge in [-0.2, -0.15) is 0 Å². The maximum atomic E-state index is 5.76. The molecule has 2 aromatic rings. The quantitative estimate of drug-likeness (QED) is 0.753. The van der Waals surface area contributed by atoms with Gasteiger partial charge in [-0.1, -0.05) is 12.1 Å². The third-order valence-corrected chi connectivity index (χ3v) is 3.71. The minimum atomic E-state index is 0.140. The van der Waals surface area contributed by atoms with Crippen molar-refractivity contribution in [2.45, 2.75) is 19.9 Å². The SMILES string of the molecule is COc1ccc(OC)c(C(C)NCCOc2cccc(C)c2)c1. The van der Waals surface area contributed by atoms with E-state index in [4.69, 9.17) is 14.2 Å². The lowest BCUT2D eigenvalue weighted by molar-refractivity contribution is 0.306. The van der Waals surface area contributed by atoms with Crippen LogP contribution in [-0.2, 0) is 0 Å². The monoisotopic (exact) mass is 315 g/mol. The molecular weight excluding hydrogens is 290 g/mol. The highest BCUT2D eigenvalue weighted by Gasteiger charge is 2.12. The van der Waals surface area contributed by atoms with Gasteiger partial charge in [-0.3, -0.25) is 0 Å². The Labute approximate surface area is 138 Å². The van der Waals surface area contributed by atoms with Gasteiger partial charge in [0.2, 0.25) is 0 Å². The van der Waals surface area contributed by atoms with E-state index in [0.717, 1.165) is 29.4 Å². The van der Waals surface area contributed by atoms with Crippen molar-refractivity contribution in [2.75, 3.05) is 27.4 Å². The summed E-state index contributed by atoms with van der Waals surface area (Å²) in [6.07, 6.45) is 0. The highest BCUT2D eigenvalue weighted by atomic mass is 16.5. The van der Waals surface area contributed by atoms with Crippen LogP contribution < -0.4 is 19.5 Å². The van der Waals surface area contributed by atoms with Gasteiger partial charge in [-0.05, 0) is 49.7 Å². The number of hydrogen-bond donors (Lipinski definition) is 1. The zero-order valence-electron chi connectivity index (χ0n) is 14.3. The Morgan fingerprint density at radius 3 is 2.52 bits per heavy atom. The van der Waals surface area contributed by atoms with Crippen molar-refractivity contribution >= 4 is 0 Å². The van der Waals surface area contributed by atoms with E-state index < -0.39 is 0 Å². The molecule has 1 unspecified atom stereocenters. The van der Waals surface area contributed by atoms with Crippen LogP contribution in [-0.4, -0.2) is 27.4 Å². The second-order valence-electron chi connectivity index (χ2n) is 5.45. The first kappa shape index (κ1) is 17.2. The van der Waals surface area contributed by atoms with Crippen LogP contribution in [0.4, 0.5) is 0 Å². The number of benzene rings is 2. The molecule has 2 aromatic carbocycles. The molecule has 0 saturated heterocycles. The van der Waals surface area contributed by atoms with Gasteiger partial charge in [0.1, 0.15) is 23.9 Å². The van der Waals surface area contributed by atoms with Crippen LogP contribution in [0, 0.1) is 6.92 Å². The lowest BCUT2D eigenvalue weighted by Gasteiger charge is -2.18. The van der Waals surface area contributed by atoms with Crippen LogP contribution in [0.2, 0.25) is 0 Å². The highest BCUT2D eigenvalue weighted by molar-refractivity contribution is 5.42. The summed E-state index contributed by atoms with van der Waals surface area (Å²) in [6, 6.07) is 14.0. The second-order valence-corrected chi connectivity index (χ2v) is 5.45. The molecule has 0 aliphatic carbocycles. The number of nitrogens with one attached hydrogen (secondary N) is 1. The van der Waals surface area contributed by atoms with Gasteiger partial charge >= 0.3 is 0 Å². The molecule has 4 heteroatoms. The summed E-state index contributed by atoms with van der Waals surface area (Å²) >= 11 is 0. The molecule has 0 aromatic heterocycles. The number of ether oxygens (including phenoxy) is 3. The first-order valence-electron chi connectivity index (χ1n) is 7.79. The number of methoxy groups -OCH3 is 2. The van der Waals surface area contributed by atoms with E-state index >= 15 is 0 Å². The van der Waals surface area contributed by atoms with Crippen LogP contribution in [0.25, 0.3) is 0 Å². The summed E-state index contributed by atoms with van der Waals surface area (Å²) in [7, 11) is 3.35. The molecule has 1 atom stereocenters. The summed E-state index contributed by atoms with van der Waals surface area (Å²) < 4.78 is 16.5. The predicted molar refractivity (Wildman–Crippen MR) is 92.6 cm³/mol. The fraction of sp³-hybridized carbons (Fsp3) is 0.368. The molecule has 0 amide bonds. The van der Waals surface area contributed by atoms with Gasteiger partial charge in [0, 0.05) is 18.2 Å². The maximum absolute atomic E-state index is 5.76. The molecular formula is C19H25NO3. The Morgan fingerprint density at radius 2 is 1.83 bits per heavy atom. The molecule has 0 bridgehead atoms. The highest BCUT2D eigenvalue weighted by Crippen LogP contribution is 2.29. The molecule has 124 valence electrons. The Hall–Kier alpha value is -2.20. The van der Waals surface area contributed by atoms with E-state index in [1.807, 2.05) is 36.4 Å². The van der Waals surface area contributed by atoms with E-state index in [1.54, 1.807) is 14.2 Å². The molecule has 0 saturated carbocycles. The van der Waals surface area contributed by atoms with Crippen molar-refractivity contribution in [3.63, 3.8) is 0 Å². The second kappa shape index (κ2) is 8.44. The summed E-state index contributed by atoms with van der Waals surface area (Å²) in [5.74, 6) is 2.58. The molecule has 2 rings (SSSR count). The third kappa shape index (κ3) is 4.89. The van der Waals surface area contributed by atoms with Crippen molar-refractivity contribution in [1.29, 1.82) is 0 Å². The summed E-state index contributed by atoms with van der Waals surface area (Å²) in [5, 5.41) is 3.45. The lowest BCUT2D eigenvalue weighted by Crippen LogP contribution is -2.24. The minimum absolute atomic E-state index is 0.140. The van der Waals surface area contributed by atoms with Gasteiger partial charge in [0.05, 0.1) is 14.2 Å².